The standard InChI is InChI=1S/C11H9ClF2N2O3/c1-16(10(17)6-4-19-11(18)15-6)7-3-2-5(13)8(12)9(7)14/h2-3,6H,4H2,1H3,(H,15,18). The van der Waals surface area contributed by atoms with Crippen molar-refractivity contribution in [3.05, 3.63) is 28.8 Å². The number of hydrogen-bond donors (Lipinski definition) is 1. The Morgan fingerprint density at radius 3 is 2.79 bits per heavy atom. The number of amides is 2. The Labute approximate surface area is 112 Å². The van der Waals surface area contributed by atoms with Crippen molar-refractivity contribution >= 4 is 29.3 Å². The second kappa shape index (κ2) is 5.00. The van der Waals surface area contributed by atoms with Gasteiger partial charge in [-0.3, -0.25) is 4.79 Å². The number of carbonyl (C=O) groups is 2. The van der Waals surface area contributed by atoms with E-state index >= 15 is 0 Å². The number of halogens is 3. The van der Waals surface area contributed by atoms with Gasteiger partial charge in [-0.25, -0.2) is 13.6 Å². The SMILES string of the molecule is CN(C(=O)C1COC(=O)N1)c1ccc(F)c(Cl)c1F. The van der Waals surface area contributed by atoms with Gasteiger partial charge in [0, 0.05) is 7.05 Å². The fourth-order valence-electron chi connectivity index (χ4n) is 1.64. The van der Waals surface area contributed by atoms with E-state index in [1.807, 2.05) is 0 Å². The van der Waals surface area contributed by atoms with Crippen molar-refractivity contribution in [2.45, 2.75) is 6.04 Å². The average Bonchev–Trinajstić information content (AvgIpc) is 2.81. The molecule has 102 valence electrons. The molecule has 2 amide bonds. The molecule has 1 aliphatic rings. The number of benzene rings is 1. The van der Waals surface area contributed by atoms with Gasteiger partial charge in [-0.15, -0.1) is 0 Å². The molecule has 1 N–H and O–H groups in total. The highest BCUT2D eigenvalue weighted by atomic mass is 35.5. The van der Waals surface area contributed by atoms with Crippen molar-refractivity contribution in [2.24, 2.45) is 0 Å². The van der Waals surface area contributed by atoms with Gasteiger partial charge in [0.2, 0.25) is 0 Å². The highest BCUT2D eigenvalue weighted by molar-refractivity contribution is 6.31. The van der Waals surface area contributed by atoms with Crippen LogP contribution in [-0.4, -0.2) is 31.7 Å². The number of likely N-dealkylation sites (N-methyl/N-ethyl adjacent to an activating group) is 1. The van der Waals surface area contributed by atoms with E-state index < -0.39 is 34.7 Å². The lowest BCUT2D eigenvalue weighted by Crippen LogP contribution is -2.44. The van der Waals surface area contributed by atoms with Crippen molar-refractivity contribution in [1.82, 2.24) is 5.32 Å². The molecule has 1 saturated heterocycles. The van der Waals surface area contributed by atoms with Crippen molar-refractivity contribution in [3.8, 4) is 0 Å². The first kappa shape index (κ1) is 13.5. The Morgan fingerprint density at radius 1 is 1.53 bits per heavy atom. The fourth-order valence-corrected chi connectivity index (χ4v) is 1.80. The number of hydrogen-bond acceptors (Lipinski definition) is 3. The summed E-state index contributed by atoms with van der Waals surface area (Å²) in [6.07, 6.45) is -0.718. The molecule has 1 aromatic carbocycles. The molecule has 1 aliphatic heterocycles. The molecule has 0 bridgehead atoms. The highest BCUT2D eigenvalue weighted by Gasteiger charge is 2.32. The predicted molar refractivity (Wildman–Crippen MR) is 63.0 cm³/mol. The summed E-state index contributed by atoms with van der Waals surface area (Å²) in [6.45, 7) is -0.140. The maximum atomic E-state index is 13.8. The molecule has 0 spiro atoms. The maximum Gasteiger partial charge on any atom is 0.407 e. The Hall–Kier alpha value is -1.89. The Bertz CT molecular complexity index is 553. The summed E-state index contributed by atoms with van der Waals surface area (Å²) in [5, 5.41) is 1.58. The van der Waals surface area contributed by atoms with E-state index in [1.54, 1.807) is 0 Å². The fraction of sp³-hybridized carbons (Fsp3) is 0.273. The van der Waals surface area contributed by atoms with Crippen LogP contribution in [0, 0.1) is 11.6 Å². The zero-order chi connectivity index (χ0) is 14.2. The van der Waals surface area contributed by atoms with E-state index in [0.29, 0.717) is 0 Å². The van der Waals surface area contributed by atoms with Gasteiger partial charge in [0.1, 0.15) is 23.5 Å². The van der Waals surface area contributed by atoms with Gasteiger partial charge in [0.15, 0.2) is 5.82 Å². The number of nitrogens with one attached hydrogen (secondary N) is 1. The highest BCUT2D eigenvalue weighted by Crippen LogP contribution is 2.28. The predicted octanol–water partition coefficient (Wildman–Crippen LogP) is 1.69. The summed E-state index contributed by atoms with van der Waals surface area (Å²) >= 11 is 5.43. The molecule has 1 unspecified atom stereocenters. The number of carbonyl (C=O) groups excluding carboxylic acids is 2. The minimum atomic E-state index is -1.04. The van der Waals surface area contributed by atoms with Crippen LogP contribution >= 0.6 is 11.6 Å². The number of cyclic esters (lactones) is 1. The van der Waals surface area contributed by atoms with Crippen LogP contribution in [0.25, 0.3) is 0 Å². The van der Waals surface area contributed by atoms with Crippen molar-refractivity contribution < 1.29 is 23.1 Å². The second-order valence-corrected chi connectivity index (χ2v) is 4.27. The number of rotatable bonds is 2. The van der Waals surface area contributed by atoms with Gasteiger partial charge in [0.25, 0.3) is 5.91 Å². The van der Waals surface area contributed by atoms with Gasteiger partial charge in [-0.1, -0.05) is 11.6 Å². The van der Waals surface area contributed by atoms with Crippen molar-refractivity contribution in [3.63, 3.8) is 0 Å². The van der Waals surface area contributed by atoms with Crippen LogP contribution in [0.1, 0.15) is 0 Å². The molecule has 2 rings (SSSR count). The number of anilines is 1. The quantitative estimate of drug-likeness (QED) is 0.843. The smallest absolute Gasteiger partial charge is 0.407 e. The normalized spacial score (nSPS) is 17.9. The first-order chi connectivity index (χ1) is 8.91. The molecular formula is C11H9ClF2N2O3. The van der Waals surface area contributed by atoms with E-state index in [1.165, 1.54) is 7.05 Å². The molecule has 5 nitrogen and oxygen atoms in total. The maximum absolute atomic E-state index is 13.8. The summed E-state index contributed by atoms with van der Waals surface area (Å²) in [5.74, 6) is -2.54. The largest absolute Gasteiger partial charge is 0.447 e. The Balaban J connectivity index is 2.24. The molecule has 1 aromatic rings. The van der Waals surface area contributed by atoms with E-state index in [9.17, 15) is 18.4 Å². The van der Waals surface area contributed by atoms with Crippen molar-refractivity contribution in [1.29, 1.82) is 0 Å². The van der Waals surface area contributed by atoms with E-state index in [0.717, 1.165) is 17.0 Å². The summed E-state index contributed by atoms with van der Waals surface area (Å²) in [6, 6.07) is 1.14. The minimum Gasteiger partial charge on any atom is -0.447 e. The van der Waals surface area contributed by atoms with Crippen LogP contribution < -0.4 is 10.2 Å². The van der Waals surface area contributed by atoms with Crippen LogP contribution in [0.5, 0.6) is 0 Å². The van der Waals surface area contributed by atoms with E-state index in [4.69, 9.17) is 11.6 Å². The van der Waals surface area contributed by atoms with Crippen molar-refractivity contribution in [2.75, 3.05) is 18.6 Å². The topological polar surface area (TPSA) is 58.6 Å². The summed E-state index contributed by atoms with van der Waals surface area (Å²) in [5.41, 5.74) is -0.183. The lowest BCUT2D eigenvalue weighted by atomic mass is 10.2. The van der Waals surface area contributed by atoms with Gasteiger partial charge < -0.3 is 15.0 Å². The third-order valence-corrected chi connectivity index (χ3v) is 3.02. The molecule has 1 heterocycles. The molecule has 1 atom stereocenters. The molecule has 1 fully saturated rings. The number of nitrogens with zero attached hydrogens (tertiary/aromatic N) is 1. The average molecular weight is 291 g/mol. The lowest BCUT2D eigenvalue weighted by molar-refractivity contribution is -0.120. The Morgan fingerprint density at radius 2 is 2.21 bits per heavy atom. The van der Waals surface area contributed by atoms with E-state index in [2.05, 4.69) is 10.1 Å². The Kier molecular flexibility index (Phi) is 3.57. The van der Waals surface area contributed by atoms with Crippen LogP contribution in [0.2, 0.25) is 5.02 Å². The molecule has 0 saturated carbocycles. The molecular weight excluding hydrogens is 282 g/mol. The monoisotopic (exact) mass is 290 g/mol. The zero-order valence-electron chi connectivity index (χ0n) is 9.75. The van der Waals surface area contributed by atoms with Gasteiger partial charge in [-0.2, -0.15) is 0 Å². The molecule has 0 radical (unpaired) electrons. The third kappa shape index (κ3) is 2.46. The summed E-state index contributed by atoms with van der Waals surface area (Å²) in [4.78, 5) is 23.7. The van der Waals surface area contributed by atoms with Gasteiger partial charge >= 0.3 is 6.09 Å². The molecule has 8 heteroatoms. The van der Waals surface area contributed by atoms with Crippen LogP contribution in [0.3, 0.4) is 0 Å². The molecule has 0 aliphatic carbocycles. The summed E-state index contributed by atoms with van der Waals surface area (Å²) < 4.78 is 31.3. The molecule has 0 aromatic heterocycles. The second-order valence-electron chi connectivity index (χ2n) is 3.89. The third-order valence-electron chi connectivity index (χ3n) is 2.68. The van der Waals surface area contributed by atoms with E-state index in [-0.39, 0.29) is 12.3 Å². The number of alkyl carbamates (subject to hydrolysis) is 1. The first-order valence-electron chi connectivity index (χ1n) is 5.26. The summed E-state index contributed by atoms with van der Waals surface area (Å²) in [7, 11) is 1.29. The number of ether oxygens (including phenoxy) is 1. The zero-order valence-corrected chi connectivity index (χ0v) is 10.5. The first-order valence-corrected chi connectivity index (χ1v) is 5.64. The minimum absolute atomic E-state index is 0.140. The van der Waals surface area contributed by atoms with Crippen LogP contribution in [0.4, 0.5) is 19.3 Å². The molecule has 19 heavy (non-hydrogen) atoms. The van der Waals surface area contributed by atoms with Crippen LogP contribution in [0.15, 0.2) is 12.1 Å². The van der Waals surface area contributed by atoms with Gasteiger partial charge in [0.05, 0.1) is 5.69 Å². The van der Waals surface area contributed by atoms with Gasteiger partial charge in [-0.05, 0) is 12.1 Å². The van der Waals surface area contributed by atoms with Crippen LogP contribution in [-0.2, 0) is 9.53 Å². The lowest BCUT2D eigenvalue weighted by Gasteiger charge is -2.20.